The lowest BCUT2D eigenvalue weighted by atomic mass is 10.1. The molecule has 0 aliphatic rings. The summed E-state index contributed by atoms with van der Waals surface area (Å²) in [5.74, 6) is 0.498. The van der Waals surface area contributed by atoms with Gasteiger partial charge in [0.05, 0.1) is 0 Å². The number of benzene rings is 2. The zero-order valence-electron chi connectivity index (χ0n) is 13.3. The predicted octanol–water partition coefficient (Wildman–Crippen LogP) is 2.98. The van der Waals surface area contributed by atoms with E-state index in [4.69, 9.17) is 4.74 Å². The molecule has 118 valence electrons. The number of aromatic nitrogens is 3. The zero-order valence-corrected chi connectivity index (χ0v) is 13.3. The third-order valence-electron chi connectivity index (χ3n) is 3.59. The average Bonchev–Trinajstić information content (AvgIpc) is 2.97. The molecule has 2 N–H and O–H groups in total. The molecule has 0 radical (unpaired) electrons. The molecule has 0 aliphatic carbocycles. The molecule has 0 saturated heterocycles. The van der Waals surface area contributed by atoms with Crippen LogP contribution in [0.5, 0.6) is 5.75 Å². The van der Waals surface area contributed by atoms with Crippen molar-refractivity contribution < 1.29 is 9.53 Å². The SMILES string of the molecule is Cc1ccc(OC(C)C(=O)Nc2ccc3n[nH]nc3c2)c(C)c1. The van der Waals surface area contributed by atoms with E-state index in [1.54, 1.807) is 25.1 Å². The lowest BCUT2D eigenvalue weighted by molar-refractivity contribution is -0.122. The van der Waals surface area contributed by atoms with Crippen molar-refractivity contribution in [1.29, 1.82) is 0 Å². The van der Waals surface area contributed by atoms with Gasteiger partial charge in [-0.2, -0.15) is 15.4 Å². The Morgan fingerprint density at radius 3 is 2.70 bits per heavy atom. The molecular formula is C17H18N4O2. The van der Waals surface area contributed by atoms with Crippen molar-refractivity contribution in [3.05, 3.63) is 47.5 Å². The molecule has 0 saturated carbocycles. The number of rotatable bonds is 4. The highest BCUT2D eigenvalue weighted by Crippen LogP contribution is 2.21. The standard InChI is InChI=1S/C17H18N4O2/c1-10-4-7-16(11(2)8-10)23-12(3)17(22)18-13-5-6-14-15(9-13)20-21-19-14/h4-9,12H,1-3H3,(H,18,22)(H,19,20,21). The zero-order chi connectivity index (χ0) is 16.4. The maximum Gasteiger partial charge on any atom is 0.265 e. The second-order valence-corrected chi connectivity index (χ2v) is 5.55. The monoisotopic (exact) mass is 310 g/mol. The molecule has 23 heavy (non-hydrogen) atoms. The number of hydrogen-bond acceptors (Lipinski definition) is 4. The first-order chi connectivity index (χ1) is 11.0. The minimum atomic E-state index is -0.607. The fourth-order valence-corrected chi connectivity index (χ4v) is 2.34. The Morgan fingerprint density at radius 2 is 1.91 bits per heavy atom. The van der Waals surface area contributed by atoms with Gasteiger partial charge in [-0.1, -0.05) is 17.7 Å². The predicted molar refractivity (Wildman–Crippen MR) is 88.5 cm³/mol. The minimum absolute atomic E-state index is 0.215. The number of hydrogen-bond donors (Lipinski definition) is 2. The van der Waals surface area contributed by atoms with Gasteiger partial charge in [-0.15, -0.1) is 0 Å². The van der Waals surface area contributed by atoms with E-state index < -0.39 is 6.10 Å². The summed E-state index contributed by atoms with van der Waals surface area (Å²) in [6.07, 6.45) is -0.607. The Morgan fingerprint density at radius 1 is 1.13 bits per heavy atom. The molecule has 3 aromatic rings. The average molecular weight is 310 g/mol. The highest BCUT2D eigenvalue weighted by molar-refractivity contribution is 5.95. The lowest BCUT2D eigenvalue weighted by Gasteiger charge is -2.16. The van der Waals surface area contributed by atoms with Gasteiger partial charge in [0, 0.05) is 5.69 Å². The molecule has 6 heteroatoms. The van der Waals surface area contributed by atoms with Crippen LogP contribution in [0.1, 0.15) is 18.1 Å². The quantitative estimate of drug-likeness (QED) is 0.776. The van der Waals surface area contributed by atoms with Crippen LogP contribution < -0.4 is 10.1 Å². The number of carbonyl (C=O) groups excluding carboxylic acids is 1. The Bertz CT molecular complexity index is 857. The third kappa shape index (κ3) is 3.31. The molecule has 1 atom stereocenters. The van der Waals surface area contributed by atoms with E-state index in [9.17, 15) is 4.79 Å². The van der Waals surface area contributed by atoms with Gasteiger partial charge in [-0.05, 0) is 50.6 Å². The molecule has 2 aromatic carbocycles. The van der Waals surface area contributed by atoms with Crippen molar-refractivity contribution >= 4 is 22.6 Å². The first-order valence-corrected chi connectivity index (χ1v) is 7.38. The van der Waals surface area contributed by atoms with E-state index in [-0.39, 0.29) is 5.91 Å². The van der Waals surface area contributed by atoms with E-state index in [1.165, 1.54) is 0 Å². The summed E-state index contributed by atoms with van der Waals surface area (Å²) >= 11 is 0. The van der Waals surface area contributed by atoms with E-state index in [2.05, 4.69) is 20.7 Å². The normalized spacial score (nSPS) is 12.1. The van der Waals surface area contributed by atoms with Crippen molar-refractivity contribution in [3.63, 3.8) is 0 Å². The van der Waals surface area contributed by atoms with Crippen molar-refractivity contribution in [2.75, 3.05) is 5.32 Å². The fraction of sp³-hybridized carbons (Fsp3) is 0.235. The van der Waals surface area contributed by atoms with Crippen LogP contribution in [-0.2, 0) is 4.79 Å². The summed E-state index contributed by atoms with van der Waals surface area (Å²) in [7, 11) is 0. The number of anilines is 1. The summed E-state index contributed by atoms with van der Waals surface area (Å²) in [6.45, 7) is 5.71. The van der Waals surface area contributed by atoms with Gasteiger partial charge >= 0.3 is 0 Å². The molecule has 1 aromatic heterocycles. The van der Waals surface area contributed by atoms with Crippen molar-refractivity contribution in [2.24, 2.45) is 0 Å². The van der Waals surface area contributed by atoms with Crippen molar-refractivity contribution in [3.8, 4) is 5.75 Å². The van der Waals surface area contributed by atoms with Gasteiger partial charge in [-0.3, -0.25) is 4.79 Å². The van der Waals surface area contributed by atoms with Crippen LogP contribution in [0.25, 0.3) is 11.0 Å². The van der Waals surface area contributed by atoms with Crippen molar-refractivity contribution in [2.45, 2.75) is 26.9 Å². The van der Waals surface area contributed by atoms with Gasteiger partial charge < -0.3 is 10.1 Å². The van der Waals surface area contributed by atoms with Gasteiger partial charge in [0.2, 0.25) is 0 Å². The molecular weight excluding hydrogens is 292 g/mol. The Balaban J connectivity index is 1.69. The number of fused-ring (bicyclic) bond motifs is 1. The highest BCUT2D eigenvalue weighted by atomic mass is 16.5. The molecule has 0 bridgehead atoms. The summed E-state index contributed by atoms with van der Waals surface area (Å²) in [5, 5.41) is 13.3. The van der Waals surface area contributed by atoms with Crippen LogP contribution in [0.15, 0.2) is 36.4 Å². The van der Waals surface area contributed by atoms with Crippen LogP contribution >= 0.6 is 0 Å². The summed E-state index contributed by atoms with van der Waals surface area (Å²) in [6, 6.07) is 11.2. The first-order valence-electron chi connectivity index (χ1n) is 7.38. The Kier molecular flexibility index (Phi) is 3.97. The molecule has 1 unspecified atom stereocenters. The summed E-state index contributed by atoms with van der Waals surface area (Å²) in [4.78, 5) is 12.3. The largest absolute Gasteiger partial charge is 0.481 e. The Hall–Kier alpha value is -2.89. The maximum absolute atomic E-state index is 12.3. The number of amides is 1. The van der Waals surface area contributed by atoms with E-state index in [1.807, 2.05) is 32.0 Å². The van der Waals surface area contributed by atoms with Gasteiger partial charge in [0.1, 0.15) is 16.8 Å². The van der Waals surface area contributed by atoms with Gasteiger partial charge in [0.15, 0.2) is 6.10 Å². The van der Waals surface area contributed by atoms with Crippen LogP contribution in [-0.4, -0.2) is 27.4 Å². The number of nitrogens with one attached hydrogen (secondary N) is 2. The number of aromatic amines is 1. The van der Waals surface area contributed by atoms with E-state index in [0.717, 1.165) is 16.6 Å². The number of carbonyl (C=O) groups is 1. The second-order valence-electron chi connectivity index (χ2n) is 5.55. The van der Waals surface area contributed by atoms with E-state index >= 15 is 0 Å². The minimum Gasteiger partial charge on any atom is -0.481 e. The third-order valence-corrected chi connectivity index (χ3v) is 3.59. The maximum atomic E-state index is 12.3. The number of H-pyrrole nitrogens is 1. The fourth-order valence-electron chi connectivity index (χ4n) is 2.34. The topological polar surface area (TPSA) is 79.9 Å². The van der Waals surface area contributed by atoms with Crippen LogP contribution in [0.3, 0.4) is 0 Å². The van der Waals surface area contributed by atoms with Gasteiger partial charge in [0.25, 0.3) is 5.91 Å². The molecule has 1 amide bonds. The molecule has 3 rings (SSSR count). The number of aryl methyl sites for hydroxylation is 2. The highest BCUT2D eigenvalue weighted by Gasteiger charge is 2.16. The van der Waals surface area contributed by atoms with Gasteiger partial charge in [-0.25, -0.2) is 0 Å². The smallest absolute Gasteiger partial charge is 0.265 e. The molecule has 0 aliphatic heterocycles. The first kappa shape index (κ1) is 15.0. The lowest BCUT2D eigenvalue weighted by Crippen LogP contribution is -2.30. The summed E-state index contributed by atoms with van der Waals surface area (Å²) in [5.41, 5.74) is 4.28. The van der Waals surface area contributed by atoms with Crippen molar-refractivity contribution in [1.82, 2.24) is 15.4 Å². The van der Waals surface area contributed by atoms with E-state index in [0.29, 0.717) is 17.0 Å². The molecule has 1 heterocycles. The van der Waals surface area contributed by atoms with Crippen LogP contribution in [0.2, 0.25) is 0 Å². The second kappa shape index (κ2) is 6.08. The Labute approximate surface area is 133 Å². The number of ether oxygens (including phenoxy) is 1. The molecule has 0 spiro atoms. The van der Waals surface area contributed by atoms with Crippen LogP contribution in [0.4, 0.5) is 5.69 Å². The molecule has 0 fully saturated rings. The molecule has 6 nitrogen and oxygen atoms in total. The summed E-state index contributed by atoms with van der Waals surface area (Å²) < 4.78 is 5.76. The van der Waals surface area contributed by atoms with Crippen LogP contribution in [0, 0.1) is 13.8 Å². The number of nitrogens with zero attached hydrogens (tertiary/aromatic N) is 2.